The molecule has 126 valence electrons. The molecule has 0 spiro atoms. The molecule has 0 heterocycles. The predicted octanol–water partition coefficient (Wildman–Crippen LogP) is 5.95. The molecular weight excluding hydrogens is 284 g/mol. The predicted molar refractivity (Wildman–Crippen MR) is 98.2 cm³/mol. The largest absolute Gasteiger partial charge is 0.507 e. The fraction of sp³-hybridized carbons (Fsp3) is 0.524. The molecule has 2 heteroatoms. The minimum atomic E-state index is 0.306. The van der Waals surface area contributed by atoms with Gasteiger partial charge in [-0.1, -0.05) is 64.3 Å². The summed E-state index contributed by atoms with van der Waals surface area (Å²) < 4.78 is 0. The summed E-state index contributed by atoms with van der Waals surface area (Å²) >= 11 is 0. The third kappa shape index (κ3) is 4.19. The van der Waals surface area contributed by atoms with Gasteiger partial charge in [-0.15, -0.1) is 0 Å². The van der Waals surface area contributed by atoms with Crippen molar-refractivity contribution in [3.63, 3.8) is 0 Å². The minimum Gasteiger partial charge on any atom is -0.507 e. The average Bonchev–Trinajstić information content (AvgIpc) is 2.52. The maximum atomic E-state index is 10.6. The van der Waals surface area contributed by atoms with Crippen molar-refractivity contribution in [3.05, 3.63) is 35.4 Å². The molecule has 0 radical (unpaired) electrons. The highest BCUT2D eigenvalue weighted by atomic mass is 16.3. The highest BCUT2D eigenvalue weighted by Crippen LogP contribution is 2.40. The first-order valence-corrected chi connectivity index (χ1v) is 8.83. The molecular formula is C21H30O2. The van der Waals surface area contributed by atoms with Crippen molar-refractivity contribution in [2.24, 2.45) is 11.8 Å². The van der Waals surface area contributed by atoms with Crippen LogP contribution in [0.2, 0.25) is 0 Å². The Bertz CT molecular complexity index is 658. The standard InChI is InChI=1S/C21H30O2/c1-14(2)8-7-9-15(3)12-13-17-16(4)20(22)18-10-5-6-11-19(18)21(17)23/h5-6,10-11,14-15,22-23H,7-9,12-13H2,1-4H3/t15-/m1/s1. The van der Waals surface area contributed by atoms with Gasteiger partial charge in [0.05, 0.1) is 0 Å². The average molecular weight is 314 g/mol. The number of hydrogen-bond acceptors (Lipinski definition) is 2. The van der Waals surface area contributed by atoms with E-state index >= 15 is 0 Å². The molecule has 0 aliphatic heterocycles. The Morgan fingerprint density at radius 3 is 2.09 bits per heavy atom. The first-order valence-electron chi connectivity index (χ1n) is 8.83. The van der Waals surface area contributed by atoms with Gasteiger partial charge in [-0.05, 0) is 37.2 Å². The summed E-state index contributed by atoms with van der Waals surface area (Å²) in [5.74, 6) is 2.05. The molecule has 2 aromatic carbocycles. The Kier molecular flexibility index (Phi) is 5.92. The van der Waals surface area contributed by atoms with Gasteiger partial charge in [-0.25, -0.2) is 0 Å². The number of phenolic OH excluding ortho intramolecular Hbond substituents is 2. The van der Waals surface area contributed by atoms with E-state index in [1.807, 2.05) is 31.2 Å². The minimum absolute atomic E-state index is 0.306. The van der Waals surface area contributed by atoms with E-state index in [9.17, 15) is 10.2 Å². The third-order valence-electron chi connectivity index (χ3n) is 4.90. The van der Waals surface area contributed by atoms with Gasteiger partial charge < -0.3 is 10.2 Å². The molecule has 0 amide bonds. The first kappa shape index (κ1) is 17.7. The molecule has 0 saturated carbocycles. The molecule has 0 aliphatic carbocycles. The number of benzene rings is 2. The SMILES string of the molecule is Cc1c(CC[C@H](C)CCCC(C)C)c(O)c2ccccc2c1O. The monoisotopic (exact) mass is 314 g/mol. The zero-order valence-corrected chi connectivity index (χ0v) is 14.9. The van der Waals surface area contributed by atoms with Crippen LogP contribution in [0.1, 0.15) is 57.6 Å². The molecule has 0 aliphatic rings. The molecule has 0 aromatic heterocycles. The van der Waals surface area contributed by atoms with E-state index < -0.39 is 0 Å². The van der Waals surface area contributed by atoms with Gasteiger partial charge >= 0.3 is 0 Å². The molecule has 0 saturated heterocycles. The quantitative estimate of drug-likeness (QED) is 0.619. The van der Waals surface area contributed by atoms with Gasteiger partial charge in [0.25, 0.3) is 0 Å². The maximum absolute atomic E-state index is 10.6. The van der Waals surface area contributed by atoms with Crippen LogP contribution in [0.25, 0.3) is 10.8 Å². The number of aromatic hydroxyl groups is 2. The van der Waals surface area contributed by atoms with Crippen molar-refractivity contribution in [3.8, 4) is 11.5 Å². The Hall–Kier alpha value is -1.70. The summed E-state index contributed by atoms with van der Waals surface area (Å²) in [6, 6.07) is 7.52. The third-order valence-corrected chi connectivity index (χ3v) is 4.90. The summed E-state index contributed by atoms with van der Waals surface area (Å²) in [6.45, 7) is 8.72. The summed E-state index contributed by atoms with van der Waals surface area (Å²) in [5, 5.41) is 22.5. The lowest BCUT2D eigenvalue weighted by molar-refractivity contribution is 0.427. The second kappa shape index (κ2) is 7.72. The van der Waals surface area contributed by atoms with Crippen molar-refractivity contribution < 1.29 is 10.2 Å². The lowest BCUT2D eigenvalue weighted by atomic mass is 9.91. The Morgan fingerprint density at radius 2 is 1.48 bits per heavy atom. The molecule has 0 bridgehead atoms. The Balaban J connectivity index is 2.11. The Morgan fingerprint density at radius 1 is 0.870 bits per heavy atom. The maximum Gasteiger partial charge on any atom is 0.127 e. The van der Waals surface area contributed by atoms with Crippen molar-refractivity contribution >= 4 is 10.8 Å². The van der Waals surface area contributed by atoms with Crippen molar-refractivity contribution in [1.29, 1.82) is 0 Å². The second-order valence-electron chi connectivity index (χ2n) is 7.31. The Labute approximate surface area is 140 Å². The van der Waals surface area contributed by atoms with Gasteiger partial charge in [-0.3, -0.25) is 0 Å². The van der Waals surface area contributed by atoms with E-state index in [-0.39, 0.29) is 0 Å². The van der Waals surface area contributed by atoms with Crippen molar-refractivity contribution in [1.82, 2.24) is 0 Å². The van der Waals surface area contributed by atoms with Crippen molar-refractivity contribution in [2.75, 3.05) is 0 Å². The lowest BCUT2D eigenvalue weighted by Gasteiger charge is -2.17. The number of hydrogen-bond donors (Lipinski definition) is 2. The zero-order chi connectivity index (χ0) is 17.0. The highest BCUT2D eigenvalue weighted by molar-refractivity contribution is 5.95. The van der Waals surface area contributed by atoms with E-state index in [0.29, 0.717) is 17.4 Å². The van der Waals surface area contributed by atoms with E-state index in [0.717, 1.165) is 40.7 Å². The van der Waals surface area contributed by atoms with Crippen LogP contribution in [0.15, 0.2) is 24.3 Å². The van der Waals surface area contributed by atoms with Gasteiger partial charge in [0, 0.05) is 16.3 Å². The summed E-state index contributed by atoms with van der Waals surface area (Å²) in [5.41, 5.74) is 1.72. The second-order valence-corrected chi connectivity index (χ2v) is 7.31. The molecule has 2 N–H and O–H groups in total. The number of rotatable bonds is 7. The molecule has 0 fully saturated rings. The van der Waals surface area contributed by atoms with E-state index in [4.69, 9.17) is 0 Å². The zero-order valence-electron chi connectivity index (χ0n) is 14.9. The van der Waals surface area contributed by atoms with E-state index in [1.165, 1.54) is 19.3 Å². The van der Waals surface area contributed by atoms with Crippen LogP contribution in [0.4, 0.5) is 0 Å². The molecule has 23 heavy (non-hydrogen) atoms. The molecule has 1 atom stereocenters. The molecule has 2 nitrogen and oxygen atoms in total. The van der Waals surface area contributed by atoms with Crippen LogP contribution in [-0.2, 0) is 6.42 Å². The fourth-order valence-corrected chi connectivity index (χ4v) is 3.30. The van der Waals surface area contributed by atoms with Crippen LogP contribution in [0, 0.1) is 18.8 Å². The number of phenols is 2. The normalized spacial score (nSPS) is 12.9. The molecule has 2 aromatic rings. The van der Waals surface area contributed by atoms with Crippen LogP contribution < -0.4 is 0 Å². The summed E-state index contributed by atoms with van der Waals surface area (Å²) in [4.78, 5) is 0. The lowest BCUT2D eigenvalue weighted by Crippen LogP contribution is -2.01. The highest BCUT2D eigenvalue weighted by Gasteiger charge is 2.16. The summed E-state index contributed by atoms with van der Waals surface area (Å²) in [6.07, 6.45) is 5.65. The molecule has 2 rings (SSSR count). The van der Waals surface area contributed by atoms with Crippen LogP contribution in [-0.4, -0.2) is 10.2 Å². The van der Waals surface area contributed by atoms with Gasteiger partial charge in [0.15, 0.2) is 0 Å². The van der Waals surface area contributed by atoms with Gasteiger partial charge in [-0.2, -0.15) is 0 Å². The topological polar surface area (TPSA) is 40.5 Å². The van der Waals surface area contributed by atoms with Crippen LogP contribution in [0.5, 0.6) is 11.5 Å². The summed E-state index contributed by atoms with van der Waals surface area (Å²) in [7, 11) is 0. The fourth-order valence-electron chi connectivity index (χ4n) is 3.30. The van der Waals surface area contributed by atoms with Crippen LogP contribution in [0.3, 0.4) is 0 Å². The van der Waals surface area contributed by atoms with E-state index in [2.05, 4.69) is 20.8 Å². The molecule has 0 unspecified atom stereocenters. The number of fused-ring (bicyclic) bond motifs is 1. The van der Waals surface area contributed by atoms with E-state index in [1.54, 1.807) is 0 Å². The van der Waals surface area contributed by atoms with Gasteiger partial charge in [0.1, 0.15) is 11.5 Å². The van der Waals surface area contributed by atoms with Crippen molar-refractivity contribution in [2.45, 2.75) is 59.8 Å². The smallest absolute Gasteiger partial charge is 0.127 e. The first-order chi connectivity index (χ1) is 10.9. The van der Waals surface area contributed by atoms with Gasteiger partial charge in [0.2, 0.25) is 0 Å². The van der Waals surface area contributed by atoms with Crippen LogP contribution >= 0.6 is 0 Å².